The number of hydrogen-bond acceptors (Lipinski definition) is 4. The number of carboxylic acids is 1. The number of hydrogen-bond donors (Lipinski definition) is 2. The Morgan fingerprint density at radius 2 is 2.00 bits per heavy atom. The summed E-state index contributed by atoms with van der Waals surface area (Å²) in [5.41, 5.74) is -1.08. The zero-order chi connectivity index (χ0) is 9.90. The maximum Gasteiger partial charge on any atom is 0.328 e. The summed E-state index contributed by atoms with van der Waals surface area (Å²) < 4.78 is 9.96. The van der Waals surface area contributed by atoms with Gasteiger partial charge < -0.3 is 14.6 Å². The number of carboxylic acid groups (broad SMARTS) is 1. The molecular weight excluding hydrogens is 174 g/mol. The van der Waals surface area contributed by atoms with E-state index < -0.39 is 11.5 Å². The van der Waals surface area contributed by atoms with Gasteiger partial charge in [0.25, 0.3) is 0 Å². The summed E-state index contributed by atoms with van der Waals surface area (Å²) in [6, 6.07) is 0.0846. The molecule has 0 unspecified atom stereocenters. The summed E-state index contributed by atoms with van der Waals surface area (Å²) in [7, 11) is 0. The zero-order valence-corrected chi connectivity index (χ0v) is 7.87. The summed E-state index contributed by atoms with van der Waals surface area (Å²) in [4.78, 5) is 11.0. The molecule has 0 saturated carbocycles. The topological polar surface area (TPSA) is 67.8 Å². The van der Waals surface area contributed by atoms with Crippen LogP contribution in [0.1, 0.15) is 13.8 Å². The Labute approximate surface area is 77.0 Å². The van der Waals surface area contributed by atoms with Crippen LogP contribution in [0.15, 0.2) is 0 Å². The monoisotopic (exact) mass is 189 g/mol. The van der Waals surface area contributed by atoms with E-state index in [0.717, 1.165) is 0 Å². The van der Waals surface area contributed by atoms with Crippen molar-refractivity contribution in [3.05, 3.63) is 0 Å². The highest BCUT2D eigenvalue weighted by Gasteiger charge is 2.41. The third kappa shape index (κ3) is 2.40. The molecule has 0 radical (unpaired) electrons. The number of nitrogens with one attached hydrogen (secondary N) is 1. The lowest BCUT2D eigenvalue weighted by atomic mass is 10.0. The van der Waals surface area contributed by atoms with Crippen molar-refractivity contribution >= 4 is 5.97 Å². The molecule has 1 aliphatic rings. The molecule has 1 heterocycles. The molecule has 0 aliphatic carbocycles. The van der Waals surface area contributed by atoms with Crippen molar-refractivity contribution in [2.45, 2.75) is 25.4 Å². The third-order valence-corrected chi connectivity index (χ3v) is 1.84. The van der Waals surface area contributed by atoms with E-state index >= 15 is 0 Å². The van der Waals surface area contributed by atoms with E-state index in [2.05, 4.69) is 5.32 Å². The van der Waals surface area contributed by atoms with Gasteiger partial charge in [0, 0.05) is 6.04 Å². The van der Waals surface area contributed by atoms with Crippen molar-refractivity contribution in [3.8, 4) is 0 Å². The highest BCUT2D eigenvalue weighted by Crippen LogP contribution is 2.13. The van der Waals surface area contributed by atoms with E-state index in [1.54, 1.807) is 0 Å². The standard InChI is InChI=1S/C8H15NO4/c1-6(2)9-8(7(10)11)3-12-5-13-4-8/h6,9H,3-5H2,1-2H3,(H,10,11). The van der Waals surface area contributed by atoms with Gasteiger partial charge in [-0.25, -0.2) is 0 Å². The molecule has 0 aromatic heterocycles. The average molecular weight is 189 g/mol. The first-order chi connectivity index (χ1) is 6.07. The zero-order valence-electron chi connectivity index (χ0n) is 7.87. The number of rotatable bonds is 3. The van der Waals surface area contributed by atoms with Crippen LogP contribution >= 0.6 is 0 Å². The van der Waals surface area contributed by atoms with Crippen LogP contribution < -0.4 is 5.32 Å². The second-order valence-electron chi connectivity index (χ2n) is 3.50. The molecule has 1 aliphatic heterocycles. The van der Waals surface area contributed by atoms with Crippen LogP contribution in [-0.2, 0) is 14.3 Å². The lowest BCUT2D eigenvalue weighted by Gasteiger charge is -2.35. The highest BCUT2D eigenvalue weighted by molar-refractivity contribution is 5.79. The molecule has 1 saturated heterocycles. The van der Waals surface area contributed by atoms with Gasteiger partial charge >= 0.3 is 5.97 Å². The molecule has 1 fully saturated rings. The number of ether oxygens (including phenoxy) is 2. The van der Waals surface area contributed by atoms with Crippen LogP contribution in [0, 0.1) is 0 Å². The Morgan fingerprint density at radius 1 is 1.46 bits per heavy atom. The molecule has 0 bridgehead atoms. The van der Waals surface area contributed by atoms with E-state index in [9.17, 15) is 4.79 Å². The fourth-order valence-corrected chi connectivity index (χ4v) is 1.35. The van der Waals surface area contributed by atoms with Crippen LogP contribution in [0.2, 0.25) is 0 Å². The van der Waals surface area contributed by atoms with Crippen LogP contribution in [0.25, 0.3) is 0 Å². The molecule has 5 nitrogen and oxygen atoms in total. The van der Waals surface area contributed by atoms with Crippen LogP contribution in [-0.4, -0.2) is 42.7 Å². The van der Waals surface area contributed by atoms with Gasteiger partial charge in [0.1, 0.15) is 6.79 Å². The second kappa shape index (κ2) is 4.04. The van der Waals surface area contributed by atoms with E-state index in [1.165, 1.54) is 0 Å². The lowest BCUT2D eigenvalue weighted by molar-refractivity contribution is -0.177. The Balaban J connectivity index is 2.67. The van der Waals surface area contributed by atoms with E-state index in [1.807, 2.05) is 13.8 Å². The van der Waals surface area contributed by atoms with E-state index in [-0.39, 0.29) is 26.0 Å². The third-order valence-electron chi connectivity index (χ3n) is 1.84. The predicted octanol–water partition coefficient (Wildman–Crippen LogP) is -0.188. The second-order valence-corrected chi connectivity index (χ2v) is 3.50. The van der Waals surface area contributed by atoms with Gasteiger partial charge in [-0.05, 0) is 13.8 Å². The van der Waals surface area contributed by atoms with Gasteiger partial charge in [-0.2, -0.15) is 0 Å². The maximum atomic E-state index is 11.0. The Morgan fingerprint density at radius 3 is 2.38 bits per heavy atom. The van der Waals surface area contributed by atoms with Crippen molar-refractivity contribution in [2.24, 2.45) is 0 Å². The predicted molar refractivity (Wildman–Crippen MR) is 45.4 cm³/mol. The summed E-state index contributed by atoms with van der Waals surface area (Å²) in [5.74, 6) is -0.930. The smallest absolute Gasteiger partial charge is 0.328 e. The van der Waals surface area contributed by atoms with Gasteiger partial charge in [-0.1, -0.05) is 0 Å². The van der Waals surface area contributed by atoms with Crippen LogP contribution in [0.5, 0.6) is 0 Å². The van der Waals surface area contributed by atoms with Crippen LogP contribution in [0.3, 0.4) is 0 Å². The number of aliphatic carboxylic acids is 1. The molecule has 76 valence electrons. The molecule has 0 aromatic carbocycles. The minimum absolute atomic E-state index is 0.0846. The van der Waals surface area contributed by atoms with Crippen molar-refractivity contribution in [1.29, 1.82) is 0 Å². The molecule has 2 N–H and O–H groups in total. The van der Waals surface area contributed by atoms with Crippen LogP contribution in [0.4, 0.5) is 0 Å². The van der Waals surface area contributed by atoms with E-state index in [4.69, 9.17) is 14.6 Å². The number of carbonyl (C=O) groups is 1. The fraction of sp³-hybridized carbons (Fsp3) is 0.875. The maximum absolute atomic E-state index is 11.0. The molecular formula is C8H15NO4. The van der Waals surface area contributed by atoms with Crippen molar-refractivity contribution < 1.29 is 19.4 Å². The Hall–Kier alpha value is -0.650. The normalized spacial score (nSPS) is 21.8. The molecule has 0 aromatic rings. The average Bonchev–Trinajstić information content (AvgIpc) is 2.04. The van der Waals surface area contributed by atoms with Gasteiger partial charge in [0.05, 0.1) is 13.2 Å². The summed E-state index contributed by atoms with van der Waals surface area (Å²) in [6.45, 7) is 4.26. The largest absolute Gasteiger partial charge is 0.480 e. The molecule has 5 heteroatoms. The first-order valence-electron chi connectivity index (χ1n) is 4.23. The van der Waals surface area contributed by atoms with Gasteiger partial charge in [-0.15, -0.1) is 0 Å². The van der Waals surface area contributed by atoms with Gasteiger partial charge in [0.2, 0.25) is 0 Å². The summed E-state index contributed by atoms with van der Waals surface area (Å²) in [5, 5.41) is 12.0. The van der Waals surface area contributed by atoms with Crippen molar-refractivity contribution in [3.63, 3.8) is 0 Å². The van der Waals surface area contributed by atoms with Gasteiger partial charge in [0.15, 0.2) is 5.54 Å². The summed E-state index contributed by atoms with van der Waals surface area (Å²) >= 11 is 0. The van der Waals surface area contributed by atoms with Crippen molar-refractivity contribution in [1.82, 2.24) is 5.32 Å². The Bertz CT molecular complexity index is 187. The highest BCUT2D eigenvalue weighted by atomic mass is 16.7. The first-order valence-corrected chi connectivity index (χ1v) is 4.23. The molecule has 1 rings (SSSR count). The quantitative estimate of drug-likeness (QED) is 0.644. The SMILES string of the molecule is CC(C)NC1(C(=O)O)COCOC1. The molecule has 0 amide bonds. The van der Waals surface area contributed by atoms with E-state index in [0.29, 0.717) is 0 Å². The minimum atomic E-state index is -1.08. The minimum Gasteiger partial charge on any atom is -0.480 e. The fourth-order valence-electron chi connectivity index (χ4n) is 1.35. The molecule has 0 spiro atoms. The lowest BCUT2D eigenvalue weighted by Crippen LogP contribution is -2.62. The molecule has 0 atom stereocenters. The first kappa shape index (κ1) is 10.4. The Kier molecular flexibility index (Phi) is 3.24. The molecule has 13 heavy (non-hydrogen) atoms. The summed E-state index contributed by atoms with van der Waals surface area (Å²) in [6.07, 6.45) is 0. The van der Waals surface area contributed by atoms with Gasteiger partial charge in [-0.3, -0.25) is 10.1 Å². The van der Waals surface area contributed by atoms with Crippen molar-refractivity contribution in [2.75, 3.05) is 20.0 Å².